The molecule has 0 radical (unpaired) electrons. The Hall–Kier alpha value is -0.390. The molecule has 19 heavy (non-hydrogen) atoms. The molecule has 4 nitrogen and oxygen atoms in total. The summed E-state index contributed by atoms with van der Waals surface area (Å²) in [5.41, 5.74) is 2.14. The molecule has 2 atom stereocenters. The van der Waals surface area contributed by atoms with E-state index in [4.69, 9.17) is 4.74 Å². The van der Waals surface area contributed by atoms with Gasteiger partial charge in [0.1, 0.15) is 0 Å². The van der Waals surface area contributed by atoms with Gasteiger partial charge in [0.05, 0.1) is 28.1 Å². The summed E-state index contributed by atoms with van der Waals surface area (Å²) in [6.45, 7) is 4.99. The number of rotatable bonds is 7. The molecule has 2 rings (SSSR count). The SMILES string of the molecule is CCc1nn(CC)c(CC(O)C(OC)C2CC2)c1Br. The van der Waals surface area contributed by atoms with Gasteiger partial charge in [0.2, 0.25) is 0 Å². The molecule has 0 aliphatic heterocycles. The molecule has 1 aliphatic carbocycles. The third-order valence-corrected chi connectivity index (χ3v) is 4.75. The molecular formula is C14H23BrN2O2. The predicted molar refractivity (Wildman–Crippen MR) is 78.2 cm³/mol. The maximum atomic E-state index is 10.4. The Labute approximate surface area is 123 Å². The zero-order valence-electron chi connectivity index (χ0n) is 11.9. The normalized spacial score (nSPS) is 18.6. The fraction of sp³-hybridized carbons (Fsp3) is 0.786. The zero-order chi connectivity index (χ0) is 14.0. The molecule has 1 fully saturated rings. The van der Waals surface area contributed by atoms with Gasteiger partial charge in [-0.05, 0) is 48.0 Å². The average molecular weight is 331 g/mol. The van der Waals surface area contributed by atoms with E-state index in [1.807, 2.05) is 4.68 Å². The topological polar surface area (TPSA) is 47.3 Å². The maximum absolute atomic E-state index is 10.4. The minimum absolute atomic E-state index is 0.0443. The first-order valence-electron chi connectivity index (χ1n) is 7.07. The highest BCUT2D eigenvalue weighted by atomic mass is 79.9. The van der Waals surface area contributed by atoms with Crippen molar-refractivity contribution in [2.75, 3.05) is 7.11 Å². The highest BCUT2D eigenvalue weighted by Crippen LogP contribution is 2.36. The first-order valence-corrected chi connectivity index (χ1v) is 7.86. The Balaban J connectivity index is 2.14. The maximum Gasteiger partial charge on any atom is 0.0862 e. The second-order valence-corrected chi connectivity index (χ2v) is 5.98. The molecular weight excluding hydrogens is 308 g/mol. The van der Waals surface area contributed by atoms with Crippen molar-refractivity contribution in [3.05, 3.63) is 15.9 Å². The van der Waals surface area contributed by atoms with Crippen molar-refractivity contribution in [3.8, 4) is 0 Å². The van der Waals surface area contributed by atoms with Gasteiger partial charge in [0.15, 0.2) is 0 Å². The van der Waals surface area contributed by atoms with Crippen LogP contribution in [-0.2, 0) is 24.1 Å². The molecule has 0 amide bonds. The van der Waals surface area contributed by atoms with Gasteiger partial charge in [-0.1, -0.05) is 6.92 Å². The van der Waals surface area contributed by atoms with E-state index in [0.717, 1.165) is 28.8 Å². The lowest BCUT2D eigenvalue weighted by atomic mass is 10.0. The average Bonchev–Trinajstić information content (AvgIpc) is 3.18. The van der Waals surface area contributed by atoms with Gasteiger partial charge in [-0.15, -0.1) is 0 Å². The summed E-state index contributed by atoms with van der Waals surface area (Å²) in [6.07, 6.45) is 3.33. The van der Waals surface area contributed by atoms with Crippen molar-refractivity contribution in [2.45, 2.75) is 58.3 Å². The Kier molecular flexibility index (Phi) is 5.03. The summed E-state index contributed by atoms with van der Waals surface area (Å²) in [6, 6.07) is 0. The number of aliphatic hydroxyl groups excluding tert-OH is 1. The monoisotopic (exact) mass is 330 g/mol. The second kappa shape index (κ2) is 6.37. The van der Waals surface area contributed by atoms with Gasteiger partial charge < -0.3 is 9.84 Å². The fourth-order valence-electron chi connectivity index (χ4n) is 2.62. The van der Waals surface area contributed by atoms with Crippen LogP contribution in [0.4, 0.5) is 0 Å². The van der Waals surface area contributed by atoms with Gasteiger partial charge in [0.25, 0.3) is 0 Å². The van der Waals surface area contributed by atoms with Crippen LogP contribution in [0.15, 0.2) is 4.47 Å². The Morgan fingerprint density at radius 3 is 2.63 bits per heavy atom. The fourth-order valence-corrected chi connectivity index (χ4v) is 3.34. The molecule has 1 aliphatic rings. The van der Waals surface area contributed by atoms with E-state index in [2.05, 4.69) is 34.9 Å². The van der Waals surface area contributed by atoms with Crippen LogP contribution >= 0.6 is 15.9 Å². The Bertz CT molecular complexity index is 429. The predicted octanol–water partition coefficient (Wildman–Crippen LogP) is 2.56. The van der Waals surface area contributed by atoms with Crippen molar-refractivity contribution < 1.29 is 9.84 Å². The minimum Gasteiger partial charge on any atom is -0.390 e. The third kappa shape index (κ3) is 3.20. The molecule has 0 aromatic carbocycles. The van der Waals surface area contributed by atoms with E-state index in [1.165, 1.54) is 12.8 Å². The summed E-state index contributed by atoms with van der Waals surface area (Å²) >= 11 is 3.62. The summed E-state index contributed by atoms with van der Waals surface area (Å²) in [4.78, 5) is 0. The standard InChI is InChI=1S/C14H23BrN2O2/c1-4-10-13(15)11(17(5-2)16-10)8-12(18)14(19-3)9-6-7-9/h9,12,14,18H,4-8H2,1-3H3. The molecule has 1 aromatic rings. The van der Waals surface area contributed by atoms with E-state index < -0.39 is 6.10 Å². The Morgan fingerprint density at radius 2 is 2.16 bits per heavy atom. The quantitative estimate of drug-likeness (QED) is 0.835. The van der Waals surface area contributed by atoms with Gasteiger partial charge in [-0.2, -0.15) is 5.10 Å². The summed E-state index contributed by atoms with van der Waals surface area (Å²) < 4.78 is 8.48. The molecule has 5 heteroatoms. The van der Waals surface area contributed by atoms with Gasteiger partial charge in [0, 0.05) is 20.1 Å². The lowest BCUT2D eigenvalue weighted by Gasteiger charge is -2.21. The summed E-state index contributed by atoms with van der Waals surface area (Å²) in [5.74, 6) is 0.530. The highest BCUT2D eigenvalue weighted by molar-refractivity contribution is 9.10. The molecule has 108 valence electrons. The molecule has 2 unspecified atom stereocenters. The van der Waals surface area contributed by atoms with E-state index >= 15 is 0 Å². The third-order valence-electron chi connectivity index (χ3n) is 3.83. The summed E-state index contributed by atoms with van der Waals surface area (Å²) in [5, 5.41) is 15.0. The van der Waals surface area contributed by atoms with Crippen molar-refractivity contribution in [1.82, 2.24) is 9.78 Å². The lowest BCUT2D eigenvalue weighted by molar-refractivity contribution is -0.0246. The van der Waals surface area contributed by atoms with Gasteiger partial charge in [-0.3, -0.25) is 4.68 Å². The zero-order valence-corrected chi connectivity index (χ0v) is 13.5. The van der Waals surface area contributed by atoms with Gasteiger partial charge in [-0.25, -0.2) is 0 Å². The molecule has 0 saturated heterocycles. The van der Waals surface area contributed by atoms with E-state index in [9.17, 15) is 5.11 Å². The number of aryl methyl sites for hydroxylation is 2. The molecule has 0 spiro atoms. The second-order valence-electron chi connectivity index (χ2n) is 5.19. The van der Waals surface area contributed by atoms with Crippen molar-refractivity contribution >= 4 is 15.9 Å². The molecule has 1 N–H and O–H groups in total. The number of nitrogens with zero attached hydrogens (tertiary/aromatic N) is 2. The van der Waals surface area contributed by atoms with E-state index in [0.29, 0.717) is 12.3 Å². The van der Waals surface area contributed by atoms with Crippen LogP contribution < -0.4 is 0 Å². The van der Waals surface area contributed by atoms with E-state index in [-0.39, 0.29) is 6.10 Å². The number of halogens is 1. The van der Waals surface area contributed by atoms with Crippen molar-refractivity contribution in [2.24, 2.45) is 5.92 Å². The van der Waals surface area contributed by atoms with Crippen molar-refractivity contribution in [1.29, 1.82) is 0 Å². The van der Waals surface area contributed by atoms with Crippen LogP contribution in [0, 0.1) is 5.92 Å². The van der Waals surface area contributed by atoms with Crippen molar-refractivity contribution in [3.63, 3.8) is 0 Å². The number of aliphatic hydroxyl groups is 1. The number of ether oxygens (including phenoxy) is 1. The van der Waals surface area contributed by atoms with Crippen LogP contribution in [0.3, 0.4) is 0 Å². The number of aromatic nitrogens is 2. The molecule has 1 saturated carbocycles. The van der Waals surface area contributed by atoms with E-state index in [1.54, 1.807) is 7.11 Å². The van der Waals surface area contributed by atoms with Crippen LogP contribution in [0.5, 0.6) is 0 Å². The number of hydrogen-bond donors (Lipinski definition) is 1. The first-order chi connectivity index (χ1) is 9.12. The largest absolute Gasteiger partial charge is 0.390 e. The Morgan fingerprint density at radius 1 is 1.47 bits per heavy atom. The molecule has 0 bridgehead atoms. The molecule has 1 heterocycles. The summed E-state index contributed by atoms with van der Waals surface area (Å²) in [7, 11) is 1.69. The first kappa shape index (κ1) is 15.0. The van der Waals surface area contributed by atoms with Crippen LogP contribution in [0.2, 0.25) is 0 Å². The van der Waals surface area contributed by atoms with Gasteiger partial charge >= 0.3 is 0 Å². The number of hydrogen-bond acceptors (Lipinski definition) is 3. The van der Waals surface area contributed by atoms with Crippen LogP contribution in [-0.4, -0.2) is 34.2 Å². The lowest BCUT2D eigenvalue weighted by Crippen LogP contribution is -2.32. The minimum atomic E-state index is -0.458. The van der Waals surface area contributed by atoms with Crippen LogP contribution in [0.25, 0.3) is 0 Å². The molecule has 1 aromatic heterocycles. The van der Waals surface area contributed by atoms with Crippen LogP contribution in [0.1, 0.15) is 38.1 Å². The number of methoxy groups -OCH3 is 1. The highest BCUT2D eigenvalue weighted by Gasteiger charge is 2.36. The smallest absolute Gasteiger partial charge is 0.0862 e.